The van der Waals surface area contributed by atoms with Gasteiger partial charge in [0.1, 0.15) is 17.1 Å². The van der Waals surface area contributed by atoms with E-state index in [1.165, 1.54) is 17.6 Å². The quantitative estimate of drug-likeness (QED) is 0.0616. The van der Waals surface area contributed by atoms with Crippen molar-refractivity contribution in [1.29, 1.82) is 0 Å². The smallest absolute Gasteiger partial charge is 0.333 e. The van der Waals surface area contributed by atoms with Gasteiger partial charge in [-0.2, -0.15) is 5.48 Å². The van der Waals surface area contributed by atoms with Gasteiger partial charge >= 0.3 is 5.97 Å². The molecule has 3 heterocycles. The van der Waals surface area contributed by atoms with Gasteiger partial charge in [-0.05, 0) is 104 Å². The van der Waals surface area contributed by atoms with E-state index in [9.17, 15) is 15.0 Å². The number of rotatable bonds is 12. The third kappa shape index (κ3) is 7.75. The van der Waals surface area contributed by atoms with Crippen LogP contribution in [0, 0.1) is 23.2 Å². The lowest BCUT2D eigenvalue weighted by Gasteiger charge is -2.56. The molecule has 8 atom stereocenters. The fourth-order valence-electron chi connectivity index (χ4n) is 11.0. The van der Waals surface area contributed by atoms with Crippen molar-refractivity contribution in [2.45, 2.75) is 148 Å². The Morgan fingerprint density at radius 3 is 2.52 bits per heavy atom. The first kappa shape index (κ1) is 44.4. The van der Waals surface area contributed by atoms with E-state index in [1.54, 1.807) is 13.0 Å². The lowest BCUT2D eigenvalue weighted by Crippen LogP contribution is -2.72. The van der Waals surface area contributed by atoms with Gasteiger partial charge in [-0.1, -0.05) is 56.2 Å². The van der Waals surface area contributed by atoms with E-state index < -0.39 is 40.1 Å². The molecule has 11 heteroatoms. The van der Waals surface area contributed by atoms with E-state index in [1.807, 2.05) is 11.8 Å². The number of aliphatic hydroxyl groups is 2. The van der Waals surface area contributed by atoms with E-state index in [2.05, 4.69) is 91.3 Å². The van der Waals surface area contributed by atoms with Crippen LogP contribution in [-0.4, -0.2) is 76.0 Å². The highest BCUT2D eigenvalue weighted by Gasteiger charge is 2.79. The Bertz CT molecular complexity index is 2080. The minimum Gasteiger partial charge on any atom is -0.482 e. The Morgan fingerprint density at radius 2 is 1.83 bits per heavy atom. The number of carbonyl (C=O) groups excluding carboxylic acids is 2. The van der Waals surface area contributed by atoms with Gasteiger partial charge in [0.05, 0.1) is 31.9 Å². The molecule has 6 aliphatic rings. The number of allylic oxidation sites excluding steroid dienone is 6. The van der Waals surface area contributed by atoms with Crippen molar-refractivity contribution in [2.75, 3.05) is 20.3 Å². The molecule has 60 heavy (non-hydrogen) atoms. The normalized spacial score (nSPS) is 31.4. The fourth-order valence-corrected chi connectivity index (χ4v) is 12.8. The van der Waals surface area contributed by atoms with Crippen LogP contribution in [0.1, 0.15) is 124 Å². The van der Waals surface area contributed by atoms with Crippen LogP contribution >= 0.6 is 11.8 Å². The second kappa shape index (κ2) is 16.9. The third-order valence-electron chi connectivity index (χ3n) is 13.6. The first-order valence-electron chi connectivity index (χ1n) is 21.9. The number of nitrogens with zero attached hydrogens (tertiary/aromatic N) is 1. The first-order chi connectivity index (χ1) is 28.4. The van der Waals surface area contributed by atoms with Gasteiger partial charge in [-0.15, -0.1) is 11.8 Å². The molecule has 0 radical (unpaired) electrons. The topological polar surface area (TPSA) is 136 Å². The van der Waals surface area contributed by atoms with Crippen molar-refractivity contribution in [2.24, 2.45) is 28.2 Å². The predicted octanol–water partition coefficient (Wildman–Crippen LogP) is 8.77. The number of benzene rings is 1. The van der Waals surface area contributed by atoms with E-state index in [0.29, 0.717) is 35.7 Å². The van der Waals surface area contributed by atoms with Crippen LogP contribution in [0.2, 0.25) is 0 Å². The third-order valence-corrected chi connectivity index (χ3v) is 15.1. The number of thioether (sulfide) groups is 1. The molecule has 0 saturated heterocycles. The van der Waals surface area contributed by atoms with Crippen LogP contribution < -0.4 is 19.8 Å². The number of hydrogen-bond donors (Lipinski definition) is 3. The lowest BCUT2D eigenvalue weighted by molar-refractivity contribution is -0.210. The molecule has 3 aliphatic heterocycles. The minimum atomic E-state index is -2.04. The zero-order chi connectivity index (χ0) is 43.4. The number of Topliss-reactive ketones (excluding diaryl/α,β-unsaturated/α-hetero) is 1. The van der Waals surface area contributed by atoms with Gasteiger partial charge in [0.2, 0.25) is 0 Å². The maximum Gasteiger partial charge on any atom is 0.333 e. The van der Waals surface area contributed by atoms with Gasteiger partial charge in [-0.25, -0.2) is 4.79 Å². The van der Waals surface area contributed by atoms with E-state index in [4.69, 9.17) is 24.0 Å². The van der Waals surface area contributed by atoms with Crippen LogP contribution in [0.4, 0.5) is 0 Å². The van der Waals surface area contributed by atoms with Crippen molar-refractivity contribution in [3.63, 3.8) is 0 Å². The Balaban J connectivity index is 1.57. The fraction of sp³-hybridized carbons (Fsp3) is 0.612. The van der Waals surface area contributed by atoms with Crippen molar-refractivity contribution < 1.29 is 38.9 Å². The molecule has 3 aliphatic carbocycles. The molecule has 0 aromatic heterocycles. The number of ketones is 1. The molecule has 1 aromatic rings. The van der Waals surface area contributed by atoms with Gasteiger partial charge < -0.3 is 29.3 Å². The molecule has 10 nitrogen and oxygen atoms in total. The number of aliphatic imine (C=N–C) groups is 1. The number of esters is 1. The molecule has 2 fully saturated rings. The standard InChI is InChI=1S/C49H66N2O8S/c1-28(2)14-13-21-47(9)22-20-32-40(57-47)31(18-17-29(3)4)41-33(42(32)59-50-24-25-52)26-36-39-43(60-37-16-12-11-15-35(37)51-36)34-27-38(53)48(55,23-19-30(5)45(54)56-10)49(39,58-41)44(34)46(6,7)8/h14,16-17,19-20,22,34,36,39,43-44,50,52,55H,11-13,15,18,21,23-27H2,1-10H3. The van der Waals surface area contributed by atoms with Crippen molar-refractivity contribution in [3.8, 4) is 17.2 Å². The average molecular weight is 843 g/mol. The average Bonchev–Trinajstić information content (AvgIpc) is 3.25. The summed E-state index contributed by atoms with van der Waals surface area (Å²) in [7, 11) is 1.33. The Morgan fingerprint density at radius 1 is 1.08 bits per heavy atom. The molecular formula is C49H66N2O8S. The summed E-state index contributed by atoms with van der Waals surface area (Å²) in [5.74, 6) is 0.0984. The number of hydroxylamine groups is 1. The molecule has 8 unspecified atom stereocenters. The summed E-state index contributed by atoms with van der Waals surface area (Å²) in [6.07, 6.45) is 17.9. The maximum absolute atomic E-state index is 15.1. The highest BCUT2D eigenvalue weighted by molar-refractivity contribution is 8.04. The molecule has 2 bridgehead atoms. The summed E-state index contributed by atoms with van der Waals surface area (Å²) < 4.78 is 20.2. The monoisotopic (exact) mass is 842 g/mol. The Labute approximate surface area is 361 Å². The largest absolute Gasteiger partial charge is 0.482 e. The molecule has 0 amide bonds. The van der Waals surface area contributed by atoms with Crippen LogP contribution in [0.3, 0.4) is 0 Å². The van der Waals surface area contributed by atoms with E-state index in [0.717, 1.165) is 60.1 Å². The number of aliphatic hydroxyl groups excluding tert-OH is 1. The summed E-state index contributed by atoms with van der Waals surface area (Å²) >= 11 is 1.83. The van der Waals surface area contributed by atoms with Gasteiger partial charge in [0, 0.05) is 63.7 Å². The zero-order valence-electron chi connectivity index (χ0n) is 37.3. The SMILES string of the molecule is COC(=O)C(C)=CCC1(O)C(=O)CC2C3SC4=CCCCC4=NC4Cc5c(ONCCO)c6c(c(CC=C(C)C)c5OC1(C43)C2C(C)(C)C)OC(C)(CCC=C(C)C)C=C6. The molecule has 1 spiro atoms. The molecule has 326 valence electrons. The molecule has 3 N–H and O–H groups in total. The summed E-state index contributed by atoms with van der Waals surface area (Å²) in [4.78, 5) is 41.3. The predicted molar refractivity (Wildman–Crippen MR) is 239 cm³/mol. The van der Waals surface area contributed by atoms with Crippen molar-refractivity contribution in [3.05, 3.63) is 68.7 Å². The molecule has 1 aromatic carbocycles. The minimum absolute atomic E-state index is 0.0925. The maximum atomic E-state index is 15.1. The zero-order valence-corrected chi connectivity index (χ0v) is 38.1. The molecule has 7 rings (SSSR count). The lowest BCUT2D eigenvalue weighted by atomic mass is 9.54. The van der Waals surface area contributed by atoms with Crippen LogP contribution in [0.25, 0.3) is 6.08 Å². The Hall–Kier alpha value is -3.64. The van der Waals surface area contributed by atoms with Crippen LogP contribution in [0.5, 0.6) is 17.2 Å². The van der Waals surface area contributed by atoms with Gasteiger partial charge in [0.15, 0.2) is 22.7 Å². The number of fused-ring (bicyclic) bond motifs is 5. The van der Waals surface area contributed by atoms with E-state index >= 15 is 4.79 Å². The molecule has 2 saturated carbocycles. The number of ether oxygens (including phenoxy) is 3. The van der Waals surface area contributed by atoms with E-state index in [-0.39, 0.29) is 48.9 Å². The number of methoxy groups -OCH3 is 1. The highest BCUT2D eigenvalue weighted by atomic mass is 32.2. The van der Waals surface area contributed by atoms with Crippen LogP contribution in [0.15, 0.2) is 57.0 Å². The van der Waals surface area contributed by atoms with Crippen molar-refractivity contribution in [1.82, 2.24) is 5.48 Å². The van der Waals surface area contributed by atoms with Gasteiger partial charge in [-0.3, -0.25) is 9.79 Å². The Kier molecular flexibility index (Phi) is 12.5. The van der Waals surface area contributed by atoms with Gasteiger partial charge in [0.25, 0.3) is 0 Å². The van der Waals surface area contributed by atoms with Crippen molar-refractivity contribution >= 4 is 35.3 Å². The summed E-state index contributed by atoms with van der Waals surface area (Å²) in [6.45, 7) is 18.7. The van der Waals surface area contributed by atoms with Crippen LogP contribution in [-0.2, 0) is 27.2 Å². The number of hydrogen-bond acceptors (Lipinski definition) is 11. The molecular weight excluding hydrogens is 777 g/mol. The summed E-state index contributed by atoms with van der Waals surface area (Å²) in [5.41, 5.74) is 4.53. The summed E-state index contributed by atoms with van der Waals surface area (Å²) in [6, 6.07) is -0.391. The highest BCUT2D eigenvalue weighted by Crippen LogP contribution is 2.70. The number of carbonyl (C=O) groups is 2. The summed E-state index contributed by atoms with van der Waals surface area (Å²) in [5, 5.41) is 23.5. The number of nitrogens with one attached hydrogen (secondary N) is 1. The first-order valence-corrected chi connectivity index (χ1v) is 22.8. The second-order valence-corrected chi connectivity index (χ2v) is 20.7. The second-order valence-electron chi connectivity index (χ2n) is 19.5.